The highest BCUT2D eigenvalue weighted by atomic mass is 16.5. The first-order chi connectivity index (χ1) is 14.8. The Morgan fingerprint density at radius 1 is 1.19 bits per heavy atom. The summed E-state index contributed by atoms with van der Waals surface area (Å²) in [6.07, 6.45) is 4.30. The molecule has 1 unspecified atom stereocenters. The molecule has 0 bridgehead atoms. The summed E-state index contributed by atoms with van der Waals surface area (Å²) < 4.78 is 5.79. The number of anilines is 1. The Bertz CT molecular complexity index is 945. The van der Waals surface area contributed by atoms with Gasteiger partial charge in [0.1, 0.15) is 5.75 Å². The van der Waals surface area contributed by atoms with Crippen molar-refractivity contribution in [2.75, 3.05) is 46.2 Å². The predicted molar refractivity (Wildman–Crippen MR) is 119 cm³/mol. The van der Waals surface area contributed by atoms with Crippen LogP contribution < -0.4 is 9.64 Å². The zero-order valence-corrected chi connectivity index (χ0v) is 19.0. The van der Waals surface area contributed by atoms with Crippen molar-refractivity contribution in [1.29, 1.82) is 0 Å². The van der Waals surface area contributed by atoms with E-state index in [2.05, 4.69) is 9.97 Å². The molecule has 3 rings (SSSR count). The van der Waals surface area contributed by atoms with Gasteiger partial charge in [-0.3, -0.25) is 9.59 Å². The molecule has 0 saturated carbocycles. The number of aromatic nitrogens is 2. The number of rotatable bonds is 6. The topological polar surface area (TPSA) is 78.9 Å². The third kappa shape index (κ3) is 5.31. The molecule has 0 radical (unpaired) electrons. The highest BCUT2D eigenvalue weighted by Gasteiger charge is 2.31. The number of amides is 2. The molecule has 8 heteroatoms. The van der Waals surface area contributed by atoms with Crippen LogP contribution in [0.3, 0.4) is 0 Å². The van der Waals surface area contributed by atoms with Crippen LogP contribution in [0, 0.1) is 6.92 Å². The van der Waals surface area contributed by atoms with Gasteiger partial charge < -0.3 is 19.4 Å². The minimum absolute atomic E-state index is 0.0381. The lowest BCUT2D eigenvalue weighted by Crippen LogP contribution is -2.42. The fourth-order valence-corrected chi connectivity index (χ4v) is 3.67. The highest BCUT2D eigenvalue weighted by molar-refractivity contribution is 5.94. The lowest BCUT2D eigenvalue weighted by Gasteiger charge is -2.34. The molecular formula is C23H31N5O3. The van der Waals surface area contributed by atoms with Crippen LogP contribution in [0.1, 0.15) is 47.2 Å². The van der Waals surface area contributed by atoms with E-state index in [1.807, 2.05) is 48.2 Å². The first-order valence-electron chi connectivity index (χ1n) is 10.5. The lowest BCUT2D eigenvalue weighted by molar-refractivity contribution is -0.137. The van der Waals surface area contributed by atoms with E-state index in [1.165, 1.54) is 4.90 Å². The van der Waals surface area contributed by atoms with Crippen LogP contribution in [0.25, 0.3) is 0 Å². The van der Waals surface area contributed by atoms with Gasteiger partial charge in [-0.05, 0) is 38.3 Å². The first kappa shape index (κ1) is 22.5. The maximum Gasteiger partial charge on any atom is 0.261 e. The molecule has 1 aliphatic rings. The van der Waals surface area contributed by atoms with Gasteiger partial charge in [0.15, 0.2) is 12.4 Å². The van der Waals surface area contributed by atoms with E-state index >= 15 is 0 Å². The van der Waals surface area contributed by atoms with Crippen molar-refractivity contribution in [2.24, 2.45) is 0 Å². The summed E-state index contributed by atoms with van der Waals surface area (Å²) in [5.41, 5.74) is 2.11. The molecule has 1 saturated heterocycles. The number of carbonyl (C=O) groups is 2. The smallest absolute Gasteiger partial charge is 0.261 e. The van der Waals surface area contributed by atoms with Crippen LogP contribution in [0.15, 0.2) is 30.5 Å². The number of hydrogen-bond acceptors (Lipinski definition) is 6. The van der Waals surface area contributed by atoms with E-state index in [4.69, 9.17) is 4.74 Å². The minimum atomic E-state index is -0.208. The summed E-state index contributed by atoms with van der Waals surface area (Å²) in [4.78, 5) is 39.6. The molecule has 1 aromatic carbocycles. The summed E-state index contributed by atoms with van der Waals surface area (Å²) in [5.74, 6) is 1.02. The molecule has 1 fully saturated rings. The van der Waals surface area contributed by atoms with Crippen molar-refractivity contribution in [1.82, 2.24) is 19.8 Å². The van der Waals surface area contributed by atoms with E-state index in [-0.39, 0.29) is 24.5 Å². The second kappa shape index (κ2) is 9.76. The molecule has 0 spiro atoms. The number of ether oxygens (including phenoxy) is 1. The van der Waals surface area contributed by atoms with Gasteiger partial charge in [-0.15, -0.1) is 0 Å². The average molecular weight is 426 g/mol. The van der Waals surface area contributed by atoms with E-state index in [0.717, 1.165) is 24.9 Å². The SMILES string of the molecule is Cc1nc(C2CCCCN2C(=O)COc2cccc(N(C)C)c2)ncc1C(=O)N(C)C. The Labute approximate surface area is 183 Å². The second-order valence-electron chi connectivity index (χ2n) is 8.21. The van der Waals surface area contributed by atoms with Crippen molar-refractivity contribution >= 4 is 17.5 Å². The van der Waals surface area contributed by atoms with E-state index in [0.29, 0.717) is 29.4 Å². The molecule has 2 aromatic rings. The van der Waals surface area contributed by atoms with Crippen LogP contribution >= 0.6 is 0 Å². The molecule has 8 nitrogen and oxygen atoms in total. The Morgan fingerprint density at radius 2 is 1.97 bits per heavy atom. The Morgan fingerprint density at radius 3 is 2.65 bits per heavy atom. The Balaban J connectivity index is 1.73. The molecule has 0 N–H and O–H groups in total. The van der Waals surface area contributed by atoms with Crippen molar-refractivity contribution in [3.8, 4) is 5.75 Å². The van der Waals surface area contributed by atoms with Gasteiger partial charge in [-0.1, -0.05) is 6.07 Å². The van der Waals surface area contributed by atoms with Crippen molar-refractivity contribution in [3.63, 3.8) is 0 Å². The van der Waals surface area contributed by atoms with Gasteiger partial charge in [0, 0.05) is 52.7 Å². The van der Waals surface area contributed by atoms with Gasteiger partial charge >= 0.3 is 0 Å². The van der Waals surface area contributed by atoms with Gasteiger partial charge in [0.05, 0.1) is 17.3 Å². The number of piperidine rings is 1. The molecule has 0 aliphatic carbocycles. The van der Waals surface area contributed by atoms with Crippen LogP contribution in [0.4, 0.5) is 5.69 Å². The Hall–Kier alpha value is -3.16. The van der Waals surface area contributed by atoms with E-state index < -0.39 is 0 Å². The monoisotopic (exact) mass is 425 g/mol. The van der Waals surface area contributed by atoms with Crippen LogP contribution in [0.5, 0.6) is 5.75 Å². The number of nitrogens with zero attached hydrogens (tertiary/aromatic N) is 5. The van der Waals surface area contributed by atoms with Gasteiger partial charge in [0.2, 0.25) is 0 Å². The molecule has 1 aromatic heterocycles. The molecule has 1 aliphatic heterocycles. The summed E-state index contributed by atoms with van der Waals surface area (Å²) >= 11 is 0. The molecule has 2 heterocycles. The summed E-state index contributed by atoms with van der Waals surface area (Å²) in [5, 5.41) is 0. The first-order valence-corrected chi connectivity index (χ1v) is 10.5. The van der Waals surface area contributed by atoms with Gasteiger partial charge in [0.25, 0.3) is 11.8 Å². The van der Waals surface area contributed by atoms with Crippen molar-refractivity contribution in [2.45, 2.75) is 32.2 Å². The van der Waals surface area contributed by atoms with Crippen LogP contribution in [-0.2, 0) is 4.79 Å². The highest BCUT2D eigenvalue weighted by Crippen LogP contribution is 2.29. The zero-order valence-electron chi connectivity index (χ0n) is 19.0. The lowest BCUT2D eigenvalue weighted by atomic mass is 10.0. The average Bonchev–Trinajstić information content (AvgIpc) is 2.77. The van der Waals surface area contributed by atoms with Crippen LogP contribution in [0.2, 0.25) is 0 Å². The normalized spacial score (nSPS) is 16.0. The fraction of sp³-hybridized carbons (Fsp3) is 0.478. The number of benzene rings is 1. The van der Waals surface area contributed by atoms with E-state index in [1.54, 1.807) is 27.2 Å². The molecule has 2 amide bonds. The molecular weight excluding hydrogens is 394 g/mol. The number of carbonyl (C=O) groups excluding carboxylic acids is 2. The minimum Gasteiger partial charge on any atom is -0.484 e. The third-order valence-corrected chi connectivity index (χ3v) is 5.45. The van der Waals surface area contributed by atoms with Gasteiger partial charge in [-0.25, -0.2) is 9.97 Å². The van der Waals surface area contributed by atoms with E-state index in [9.17, 15) is 9.59 Å². The maximum atomic E-state index is 13.0. The van der Waals surface area contributed by atoms with Gasteiger partial charge in [-0.2, -0.15) is 0 Å². The number of hydrogen-bond donors (Lipinski definition) is 0. The summed E-state index contributed by atoms with van der Waals surface area (Å²) in [7, 11) is 7.32. The zero-order chi connectivity index (χ0) is 22.5. The third-order valence-electron chi connectivity index (χ3n) is 5.45. The van der Waals surface area contributed by atoms with Crippen LogP contribution in [-0.4, -0.2) is 72.9 Å². The fourth-order valence-electron chi connectivity index (χ4n) is 3.67. The summed E-state index contributed by atoms with van der Waals surface area (Å²) in [6, 6.07) is 7.45. The second-order valence-corrected chi connectivity index (χ2v) is 8.21. The molecule has 31 heavy (non-hydrogen) atoms. The number of aryl methyl sites for hydroxylation is 1. The predicted octanol–water partition coefficient (Wildman–Crippen LogP) is 2.69. The van der Waals surface area contributed by atoms with Crippen molar-refractivity contribution < 1.29 is 14.3 Å². The largest absolute Gasteiger partial charge is 0.484 e. The van der Waals surface area contributed by atoms with Crippen molar-refractivity contribution in [3.05, 3.63) is 47.5 Å². The summed E-state index contributed by atoms with van der Waals surface area (Å²) in [6.45, 7) is 2.41. The maximum absolute atomic E-state index is 13.0. The standard InChI is InChI=1S/C23H31N5O3/c1-16-19(23(30)27(4)5)14-24-22(25-16)20-11-6-7-12-28(20)21(29)15-31-18-10-8-9-17(13-18)26(2)3/h8-10,13-14,20H,6-7,11-12,15H2,1-5H3. The number of likely N-dealkylation sites (tertiary alicyclic amines) is 1. The molecule has 166 valence electrons. The quantitative estimate of drug-likeness (QED) is 0.708. The Kier molecular flexibility index (Phi) is 7.09. The molecule has 1 atom stereocenters.